The molecule has 1 rings (SSSR count). The van der Waals surface area contributed by atoms with E-state index in [0.717, 1.165) is 5.56 Å². The zero-order valence-electron chi connectivity index (χ0n) is 7.34. The van der Waals surface area contributed by atoms with Gasteiger partial charge in [-0.2, -0.15) is 13.2 Å². The van der Waals surface area contributed by atoms with Crippen LogP contribution >= 0.6 is 0 Å². The van der Waals surface area contributed by atoms with Gasteiger partial charge >= 0.3 is 6.18 Å². The van der Waals surface area contributed by atoms with Crippen molar-refractivity contribution >= 4 is 6.08 Å². The number of halogens is 3. The smallest absolute Gasteiger partial charge is 0.422 e. The van der Waals surface area contributed by atoms with Gasteiger partial charge in [-0.15, -0.1) is 0 Å². The van der Waals surface area contributed by atoms with Gasteiger partial charge in [0.25, 0.3) is 0 Å². The SMILES string of the molecule is C=Cc1ccc(OCC(F)(F)F)cc1. The molecule has 0 bridgehead atoms. The Hall–Kier alpha value is -1.45. The summed E-state index contributed by atoms with van der Waals surface area (Å²) in [6, 6.07) is 6.23. The lowest BCUT2D eigenvalue weighted by molar-refractivity contribution is -0.153. The summed E-state index contributed by atoms with van der Waals surface area (Å²) < 4.78 is 39.7. The van der Waals surface area contributed by atoms with E-state index in [1.54, 1.807) is 18.2 Å². The fourth-order valence-electron chi connectivity index (χ4n) is 0.865. The van der Waals surface area contributed by atoms with Crippen molar-refractivity contribution in [2.45, 2.75) is 6.18 Å². The molecule has 1 nitrogen and oxygen atoms in total. The van der Waals surface area contributed by atoms with E-state index in [1.807, 2.05) is 0 Å². The van der Waals surface area contributed by atoms with Crippen molar-refractivity contribution in [3.8, 4) is 5.75 Å². The lowest BCUT2D eigenvalue weighted by Gasteiger charge is -2.08. The Morgan fingerprint density at radius 1 is 1.21 bits per heavy atom. The van der Waals surface area contributed by atoms with Crippen LogP contribution in [-0.2, 0) is 0 Å². The van der Waals surface area contributed by atoms with Crippen LogP contribution < -0.4 is 4.74 Å². The summed E-state index contributed by atoms with van der Waals surface area (Å²) in [6.45, 7) is 2.26. The van der Waals surface area contributed by atoms with Crippen LogP contribution in [0.2, 0.25) is 0 Å². The first-order valence-corrected chi connectivity index (χ1v) is 3.93. The predicted molar refractivity (Wildman–Crippen MR) is 48.1 cm³/mol. The Balaban J connectivity index is 2.56. The molecule has 0 aliphatic rings. The zero-order valence-corrected chi connectivity index (χ0v) is 7.34. The molecular formula is C10H9F3O. The largest absolute Gasteiger partial charge is 0.484 e. The first-order chi connectivity index (χ1) is 6.51. The minimum Gasteiger partial charge on any atom is -0.484 e. The van der Waals surface area contributed by atoms with Crippen LogP contribution in [0.5, 0.6) is 5.75 Å². The van der Waals surface area contributed by atoms with Crippen LogP contribution in [-0.4, -0.2) is 12.8 Å². The highest BCUT2D eigenvalue weighted by atomic mass is 19.4. The average molecular weight is 202 g/mol. The van der Waals surface area contributed by atoms with Gasteiger partial charge in [-0.3, -0.25) is 0 Å². The Kier molecular flexibility index (Phi) is 3.17. The van der Waals surface area contributed by atoms with Gasteiger partial charge in [0, 0.05) is 0 Å². The molecule has 0 heterocycles. The molecule has 0 aromatic heterocycles. The van der Waals surface area contributed by atoms with Gasteiger partial charge in [0.2, 0.25) is 0 Å². The monoisotopic (exact) mass is 202 g/mol. The van der Waals surface area contributed by atoms with E-state index in [0.29, 0.717) is 0 Å². The van der Waals surface area contributed by atoms with Gasteiger partial charge < -0.3 is 4.74 Å². The molecule has 14 heavy (non-hydrogen) atoms. The molecule has 0 atom stereocenters. The fourth-order valence-corrected chi connectivity index (χ4v) is 0.865. The third-order valence-electron chi connectivity index (χ3n) is 1.52. The minimum atomic E-state index is -4.29. The number of rotatable bonds is 3. The van der Waals surface area contributed by atoms with Crippen LogP contribution in [0.1, 0.15) is 5.56 Å². The van der Waals surface area contributed by atoms with Crippen molar-refractivity contribution in [1.29, 1.82) is 0 Å². The van der Waals surface area contributed by atoms with E-state index < -0.39 is 12.8 Å². The first-order valence-electron chi connectivity index (χ1n) is 3.93. The summed E-state index contributed by atoms with van der Waals surface area (Å²) >= 11 is 0. The summed E-state index contributed by atoms with van der Waals surface area (Å²) in [5, 5.41) is 0. The molecule has 0 saturated carbocycles. The maximum Gasteiger partial charge on any atom is 0.422 e. The van der Waals surface area contributed by atoms with Crippen molar-refractivity contribution < 1.29 is 17.9 Å². The predicted octanol–water partition coefficient (Wildman–Crippen LogP) is 3.27. The van der Waals surface area contributed by atoms with Gasteiger partial charge in [0.1, 0.15) is 5.75 Å². The van der Waals surface area contributed by atoms with E-state index in [2.05, 4.69) is 11.3 Å². The van der Waals surface area contributed by atoms with E-state index in [1.165, 1.54) is 12.1 Å². The number of ether oxygens (including phenoxy) is 1. The van der Waals surface area contributed by atoms with Gasteiger partial charge in [-0.1, -0.05) is 24.8 Å². The maximum atomic E-state index is 11.7. The Bertz CT molecular complexity index is 300. The van der Waals surface area contributed by atoms with Gasteiger partial charge in [-0.25, -0.2) is 0 Å². The molecule has 1 aromatic rings. The molecule has 1 aromatic carbocycles. The third-order valence-corrected chi connectivity index (χ3v) is 1.52. The number of hydrogen-bond acceptors (Lipinski definition) is 1. The Labute approximate surface area is 79.8 Å². The quantitative estimate of drug-likeness (QED) is 0.730. The molecule has 0 aliphatic heterocycles. The molecule has 0 N–H and O–H groups in total. The van der Waals surface area contributed by atoms with E-state index >= 15 is 0 Å². The summed E-state index contributed by atoms with van der Waals surface area (Å²) in [5.74, 6) is 0.202. The molecule has 4 heteroatoms. The lowest BCUT2D eigenvalue weighted by Crippen LogP contribution is -2.19. The minimum absolute atomic E-state index is 0.202. The van der Waals surface area contributed by atoms with Crippen molar-refractivity contribution in [1.82, 2.24) is 0 Å². The van der Waals surface area contributed by atoms with E-state index in [-0.39, 0.29) is 5.75 Å². The van der Waals surface area contributed by atoms with Gasteiger partial charge in [-0.05, 0) is 17.7 Å². The lowest BCUT2D eigenvalue weighted by atomic mass is 10.2. The molecule has 76 valence electrons. The second-order valence-electron chi connectivity index (χ2n) is 2.68. The third kappa shape index (κ3) is 3.51. The zero-order chi connectivity index (χ0) is 10.6. The summed E-state index contributed by atoms with van der Waals surface area (Å²) in [7, 11) is 0. The Morgan fingerprint density at radius 2 is 1.79 bits per heavy atom. The van der Waals surface area contributed by atoms with Crippen LogP contribution in [0.4, 0.5) is 13.2 Å². The summed E-state index contributed by atoms with van der Waals surface area (Å²) in [4.78, 5) is 0. The standard InChI is InChI=1S/C10H9F3O/c1-2-8-3-5-9(6-4-8)14-7-10(11,12)13/h2-6H,1,7H2. The molecule has 0 unspecified atom stereocenters. The number of hydrogen-bond donors (Lipinski definition) is 0. The van der Waals surface area contributed by atoms with E-state index in [4.69, 9.17) is 0 Å². The second kappa shape index (κ2) is 4.17. The molecule has 0 amide bonds. The van der Waals surface area contributed by atoms with Crippen LogP contribution in [0.25, 0.3) is 6.08 Å². The van der Waals surface area contributed by atoms with Crippen LogP contribution in [0.15, 0.2) is 30.8 Å². The van der Waals surface area contributed by atoms with E-state index in [9.17, 15) is 13.2 Å². The average Bonchev–Trinajstić information content (AvgIpc) is 2.14. The highest BCUT2D eigenvalue weighted by molar-refractivity contribution is 5.48. The second-order valence-corrected chi connectivity index (χ2v) is 2.68. The van der Waals surface area contributed by atoms with Crippen molar-refractivity contribution in [3.05, 3.63) is 36.4 Å². The van der Waals surface area contributed by atoms with Crippen LogP contribution in [0, 0.1) is 0 Å². The van der Waals surface area contributed by atoms with Crippen molar-refractivity contribution in [3.63, 3.8) is 0 Å². The highest BCUT2D eigenvalue weighted by Gasteiger charge is 2.28. The first kappa shape index (κ1) is 10.6. The van der Waals surface area contributed by atoms with Crippen molar-refractivity contribution in [2.24, 2.45) is 0 Å². The number of benzene rings is 1. The molecule has 0 saturated heterocycles. The maximum absolute atomic E-state index is 11.7. The van der Waals surface area contributed by atoms with Crippen LogP contribution in [0.3, 0.4) is 0 Å². The fraction of sp³-hybridized carbons (Fsp3) is 0.200. The normalized spacial score (nSPS) is 11.1. The van der Waals surface area contributed by atoms with Gasteiger partial charge in [0.05, 0.1) is 0 Å². The number of alkyl halides is 3. The topological polar surface area (TPSA) is 9.23 Å². The molecule has 0 aliphatic carbocycles. The molecule has 0 spiro atoms. The molecule has 0 fully saturated rings. The highest BCUT2D eigenvalue weighted by Crippen LogP contribution is 2.18. The Morgan fingerprint density at radius 3 is 2.21 bits per heavy atom. The molecule has 0 radical (unpaired) electrons. The molecular weight excluding hydrogens is 193 g/mol. The van der Waals surface area contributed by atoms with Gasteiger partial charge in [0.15, 0.2) is 6.61 Å². The summed E-state index contributed by atoms with van der Waals surface area (Å²) in [5.41, 5.74) is 0.837. The van der Waals surface area contributed by atoms with Crippen molar-refractivity contribution in [2.75, 3.05) is 6.61 Å². The summed E-state index contributed by atoms with van der Waals surface area (Å²) in [6.07, 6.45) is -2.69.